The summed E-state index contributed by atoms with van der Waals surface area (Å²) in [5, 5.41) is 15.7. The van der Waals surface area contributed by atoms with E-state index in [1.807, 2.05) is 0 Å². The van der Waals surface area contributed by atoms with E-state index in [0.29, 0.717) is 6.08 Å². The van der Waals surface area contributed by atoms with E-state index in [2.05, 4.69) is 0 Å². The second kappa shape index (κ2) is 5.13. The fraction of sp³-hybridized carbons (Fsp3) is 0.333. The zero-order valence-corrected chi connectivity index (χ0v) is 12.0. The molecule has 2 N–H and O–H groups in total. The van der Waals surface area contributed by atoms with Crippen molar-refractivity contribution in [2.75, 3.05) is 0 Å². The molecule has 0 spiro atoms. The van der Waals surface area contributed by atoms with Gasteiger partial charge in [-0.2, -0.15) is 0 Å². The topological polar surface area (TPSA) is 155 Å². The average Bonchev–Trinajstić information content (AvgIpc) is 2.05. The molecule has 1 aliphatic carbocycles. The van der Waals surface area contributed by atoms with Crippen LogP contribution in [0.25, 0.3) is 0 Å². The Hall–Kier alpha value is 0.320. The third kappa shape index (κ3) is 3.41. The summed E-state index contributed by atoms with van der Waals surface area (Å²) in [6, 6.07) is 0. The zero-order valence-electron chi connectivity index (χ0n) is 8.18. The van der Waals surface area contributed by atoms with Crippen molar-refractivity contribution in [1.29, 1.82) is 0 Å². The van der Waals surface area contributed by atoms with Gasteiger partial charge in [-0.3, -0.25) is 0 Å². The molecule has 0 aromatic rings. The SMILES string of the molecule is O=S(=O)([O-])C1C=C(O)C=CC1(O)S(=O)(=O)[O-].[Ca+2]. The van der Waals surface area contributed by atoms with Crippen molar-refractivity contribution in [2.24, 2.45) is 0 Å². The van der Waals surface area contributed by atoms with Crippen molar-refractivity contribution in [1.82, 2.24) is 0 Å². The van der Waals surface area contributed by atoms with Gasteiger partial charge in [0.05, 0.1) is 0 Å². The van der Waals surface area contributed by atoms with Gasteiger partial charge in [-0.25, -0.2) is 16.8 Å². The molecule has 11 heteroatoms. The molecule has 0 aliphatic heterocycles. The molecule has 0 heterocycles. The third-order valence-electron chi connectivity index (χ3n) is 1.93. The van der Waals surface area contributed by atoms with Crippen LogP contribution >= 0.6 is 0 Å². The quantitative estimate of drug-likeness (QED) is 0.428. The molecular weight excluding hydrogens is 304 g/mol. The van der Waals surface area contributed by atoms with Gasteiger partial charge in [-0.15, -0.1) is 0 Å². The van der Waals surface area contributed by atoms with Gasteiger partial charge in [0.25, 0.3) is 0 Å². The van der Waals surface area contributed by atoms with E-state index in [0.717, 1.165) is 0 Å². The summed E-state index contributed by atoms with van der Waals surface area (Å²) in [6.07, 6.45) is 1.15. The first-order chi connectivity index (χ1) is 6.98. The molecular formula is C6H6CaO8S2. The number of aliphatic hydroxyl groups is 2. The van der Waals surface area contributed by atoms with Crippen molar-refractivity contribution in [3.63, 3.8) is 0 Å². The smallest absolute Gasteiger partial charge is 0.747 e. The van der Waals surface area contributed by atoms with E-state index in [9.17, 15) is 31.0 Å². The van der Waals surface area contributed by atoms with E-state index >= 15 is 0 Å². The maximum atomic E-state index is 10.7. The Morgan fingerprint density at radius 2 is 1.71 bits per heavy atom. The normalized spacial score (nSPS) is 29.4. The molecule has 1 rings (SSSR count). The van der Waals surface area contributed by atoms with E-state index in [1.165, 1.54) is 0 Å². The molecule has 92 valence electrons. The Balaban J connectivity index is 0.00000256. The molecule has 0 aromatic carbocycles. The Morgan fingerprint density at radius 3 is 2.06 bits per heavy atom. The van der Waals surface area contributed by atoms with Crippen LogP contribution in [-0.2, 0) is 20.2 Å². The van der Waals surface area contributed by atoms with Crippen molar-refractivity contribution >= 4 is 58.0 Å². The number of hydrogen-bond acceptors (Lipinski definition) is 8. The van der Waals surface area contributed by atoms with Crippen molar-refractivity contribution in [3.05, 3.63) is 24.0 Å². The third-order valence-corrected chi connectivity index (χ3v) is 4.39. The van der Waals surface area contributed by atoms with E-state index < -0.39 is 36.2 Å². The minimum absolute atomic E-state index is 0. The van der Waals surface area contributed by atoms with E-state index in [4.69, 9.17) is 5.11 Å². The first kappa shape index (κ1) is 17.3. The fourth-order valence-corrected chi connectivity index (χ4v) is 3.24. The number of hydrogen-bond donors (Lipinski definition) is 2. The van der Waals surface area contributed by atoms with Crippen LogP contribution in [-0.4, -0.2) is 84.1 Å². The van der Waals surface area contributed by atoms with Crippen molar-refractivity contribution < 1.29 is 36.2 Å². The van der Waals surface area contributed by atoms with Crippen LogP contribution < -0.4 is 0 Å². The fourth-order valence-electron chi connectivity index (χ4n) is 1.15. The summed E-state index contributed by atoms with van der Waals surface area (Å²) in [6.45, 7) is 0. The van der Waals surface area contributed by atoms with Gasteiger partial charge >= 0.3 is 37.7 Å². The second-order valence-electron chi connectivity index (χ2n) is 3.04. The van der Waals surface area contributed by atoms with E-state index in [1.54, 1.807) is 0 Å². The molecule has 2 atom stereocenters. The molecule has 0 bridgehead atoms. The number of aliphatic hydroxyl groups excluding tert-OH is 1. The predicted octanol–water partition coefficient (Wildman–Crippen LogP) is -2.24. The first-order valence-electron chi connectivity index (χ1n) is 3.71. The zero-order chi connectivity index (χ0) is 12.8. The summed E-state index contributed by atoms with van der Waals surface area (Å²) < 4.78 is 64.2. The van der Waals surface area contributed by atoms with Gasteiger partial charge < -0.3 is 19.3 Å². The minimum Gasteiger partial charge on any atom is -0.747 e. The monoisotopic (exact) mass is 310 g/mol. The van der Waals surface area contributed by atoms with Crippen LogP contribution in [0.1, 0.15) is 0 Å². The summed E-state index contributed by atoms with van der Waals surface area (Å²) in [5.74, 6) is -0.738. The number of rotatable bonds is 2. The van der Waals surface area contributed by atoms with Crippen LogP contribution in [0.3, 0.4) is 0 Å². The maximum absolute atomic E-state index is 10.7. The predicted molar refractivity (Wildman–Crippen MR) is 53.7 cm³/mol. The van der Waals surface area contributed by atoms with Crippen LogP contribution in [0.2, 0.25) is 0 Å². The molecule has 0 saturated carbocycles. The number of allylic oxidation sites excluding steroid dienone is 1. The Kier molecular flexibility index (Phi) is 5.23. The Bertz CT molecular complexity index is 559. The molecule has 0 aromatic heterocycles. The standard InChI is InChI=1S/C6H8O8S2.Ca/c7-4-1-2-6(8,16(12,13)14)5(3-4)15(9,10)11;/h1-3,5,7-8H,(H,9,10,11)(H,12,13,14);/q;+2/p-2. The summed E-state index contributed by atoms with van der Waals surface area (Å²) >= 11 is 0. The molecule has 0 saturated heterocycles. The summed E-state index contributed by atoms with van der Waals surface area (Å²) in [5.41, 5.74) is 0. The van der Waals surface area contributed by atoms with Crippen molar-refractivity contribution in [2.45, 2.75) is 10.2 Å². The van der Waals surface area contributed by atoms with Gasteiger partial charge in [0, 0.05) is 0 Å². The molecule has 1 aliphatic rings. The van der Waals surface area contributed by atoms with Crippen LogP contribution in [0, 0.1) is 0 Å². The molecule has 17 heavy (non-hydrogen) atoms. The molecule has 2 unspecified atom stereocenters. The van der Waals surface area contributed by atoms with E-state index in [-0.39, 0.29) is 49.9 Å². The summed E-state index contributed by atoms with van der Waals surface area (Å²) in [4.78, 5) is -3.40. The Morgan fingerprint density at radius 1 is 1.24 bits per heavy atom. The molecule has 0 radical (unpaired) electrons. The molecule has 0 amide bonds. The second-order valence-corrected chi connectivity index (χ2v) is 6.10. The molecule has 8 nitrogen and oxygen atoms in total. The van der Waals surface area contributed by atoms with Gasteiger partial charge in [0.2, 0.25) is 0 Å². The van der Waals surface area contributed by atoms with Crippen LogP contribution in [0.15, 0.2) is 24.0 Å². The largest absolute Gasteiger partial charge is 2.00 e. The van der Waals surface area contributed by atoms with Crippen LogP contribution in [0.4, 0.5) is 0 Å². The minimum atomic E-state index is -5.50. The molecule has 0 fully saturated rings. The summed E-state index contributed by atoms with van der Waals surface area (Å²) in [7, 11) is -10.8. The van der Waals surface area contributed by atoms with Crippen LogP contribution in [0.5, 0.6) is 0 Å². The first-order valence-corrected chi connectivity index (χ1v) is 6.59. The van der Waals surface area contributed by atoms with Gasteiger partial charge in [-0.05, 0) is 18.2 Å². The Labute approximate surface area is 127 Å². The maximum Gasteiger partial charge on any atom is 2.00 e. The van der Waals surface area contributed by atoms with Gasteiger partial charge in [0.15, 0.2) is 4.93 Å². The van der Waals surface area contributed by atoms with Crippen molar-refractivity contribution in [3.8, 4) is 0 Å². The average molecular weight is 310 g/mol. The van der Waals surface area contributed by atoms with Gasteiger partial charge in [0.1, 0.15) is 31.2 Å². The van der Waals surface area contributed by atoms with Gasteiger partial charge in [-0.1, -0.05) is 0 Å².